The summed E-state index contributed by atoms with van der Waals surface area (Å²) in [6.45, 7) is 2.48. The standard InChI is InChI=1S/C23H31N3O4/c1-17-8-10-19(11-9-17)25(2)22(28)16-30-23(29)13-12-21(27)26-15-14-20(24-26)18-6-4-3-5-7-18/h3-7,17,19H,8-16H2,1-2H3. The molecule has 1 aromatic rings. The van der Waals surface area contributed by atoms with Crippen molar-refractivity contribution in [3.05, 3.63) is 35.9 Å². The second kappa shape index (κ2) is 10.4. The molecule has 0 spiro atoms. The van der Waals surface area contributed by atoms with Crippen LogP contribution >= 0.6 is 0 Å². The molecule has 1 aliphatic heterocycles. The molecule has 0 saturated heterocycles. The van der Waals surface area contributed by atoms with Crippen molar-refractivity contribution in [3.8, 4) is 0 Å². The lowest BCUT2D eigenvalue weighted by Crippen LogP contribution is -2.41. The summed E-state index contributed by atoms with van der Waals surface area (Å²) in [7, 11) is 1.77. The number of rotatable bonds is 7. The van der Waals surface area contributed by atoms with Crippen molar-refractivity contribution in [1.82, 2.24) is 9.91 Å². The Balaban J connectivity index is 1.38. The van der Waals surface area contributed by atoms with Crippen LogP contribution < -0.4 is 0 Å². The van der Waals surface area contributed by atoms with E-state index in [0.717, 1.165) is 37.0 Å². The Hall–Kier alpha value is -2.70. The first-order valence-electron chi connectivity index (χ1n) is 10.8. The van der Waals surface area contributed by atoms with E-state index in [1.54, 1.807) is 11.9 Å². The van der Waals surface area contributed by atoms with Gasteiger partial charge < -0.3 is 9.64 Å². The zero-order chi connectivity index (χ0) is 21.5. The fourth-order valence-electron chi connectivity index (χ4n) is 3.96. The Morgan fingerprint density at radius 1 is 1.10 bits per heavy atom. The first kappa shape index (κ1) is 22.0. The SMILES string of the molecule is CC1CCC(N(C)C(=O)COC(=O)CCC(=O)N2CCC(c3ccccc3)=N2)CC1. The lowest BCUT2D eigenvalue weighted by atomic mass is 9.87. The number of hydrogen-bond acceptors (Lipinski definition) is 5. The number of hydrogen-bond donors (Lipinski definition) is 0. The summed E-state index contributed by atoms with van der Waals surface area (Å²) in [6.07, 6.45) is 4.89. The Kier molecular flexibility index (Phi) is 7.60. The predicted octanol–water partition coefficient (Wildman–Crippen LogP) is 2.98. The van der Waals surface area contributed by atoms with Crippen LogP contribution in [0.5, 0.6) is 0 Å². The van der Waals surface area contributed by atoms with E-state index in [0.29, 0.717) is 18.9 Å². The van der Waals surface area contributed by atoms with E-state index in [-0.39, 0.29) is 37.3 Å². The molecule has 1 aliphatic carbocycles. The highest BCUT2D eigenvalue weighted by Crippen LogP contribution is 2.26. The van der Waals surface area contributed by atoms with Gasteiger partial charge in [-0.1, -0.05) is 37.3 Å². The van der Waals surface area contributed by atoms with Gasteiger partial charge in [-0.15, -0.1) is 0 Å². The lowest BCUT2D eigenvalue weighted by Gasteiger charge is -2.33. The average Bonchev–Trinajstić information content (AvgIpc) is 3.27. The molecule has 1 fully saturated rings. The molecule has 3 rings (SSSR count). The maximum absolute atomic E-state index is 12.3. The number of ether oxygens (including phenoxy) is 1. The average molecular weight is 414 g/mol. The van der Waals surface area contributed by atoms with Gasteiger partial charge in [0.2, 0.25) is 5.91 Å². The van der Waals surface area contributed by atoms with Gasteiger partial charge in [-0.25, -0.2) is 5.01 Å². The molecule has 2 aliphatic rings. The number of hydrazone groups is 1. The molecule has 1 saturated carbocycles. The van der Waals surface area contributed by atoms with Crippen molar-refractivity contribution in [3.63, 3.8) is 0 Å². The van der Waals surface area contributed by atoms with E-state index in [1.165, 1.54) is 5.01 Å². The van der Waals surface area contributed by atoms with Crippen molar-refractivity contribution in [1.29, 1.82) is 0 Å². The third-order valence-corrected chi connectivity index (χ3v) is 6.02. The van der Waals surface area contributed by atoms with Crippen LogP contribution in [0.15, 0.2) is 35.4 Å². The molecular weight excluding hydrogens is 382 g/mol. The smallest absolute Gasteiger partial charge is 0.306 e. The van der Waals surface area contributed by atoms with E-state index in [2.05, 4.69) is 12.0 Å². The first-order valence-corrected chi connectivity index (χ1v) is 10.8. The van der Waals surface area contributed by atoms with Gasteiger partial charge in [0.25, 0.3) is 5.91 Å². The lowest BCUT2D eigenvalue weighted by molar-refractivity contribution is -0.153. The molecule has 0 aromatic heterocycles. The van der Waals surface area contributed by atoms with Gasteiger partial charge in [0.1, 0.15) is 0 Å². The van der Waals surface area contributed by atoms with Crippen molar-refractivity contribution in [2.45, 2.75) is 57.9 Å². The molecule has 2 amide bonds. The molecule has 7 heteroatoms. The molecule has 0 radical (unpaired) electrons. The van der Waals surface area contributed by atoms with Gasteiger partial charge in [0, 0.05) is 25.9 Å². The Morgan fingerprint density at radius 3 is 2.50 bits per heavy atom. The maximum Gasteiger partial charge on any atom is 0.306 e. The largest absolute Gasteiger partial charge is 0.456 e. The number of carbonyl (C=O) groups is 3. The summed E-state index contributed by atoms with van der Waals surface area (Å²) in [5.74, 6) is -0.221. The van der Waals surface area contributed by atoms with Crippen LogP contribution in [-0.2, 0) is 19.1 Å². The second-order valence-electron chi connectivity index (χ2n) is 8.26. The van der Waals surface area contributed by atoms with Crippen LogP contribution in [0.4, 0.5) is 0 Å². The molecule has 162 valence electrons. The summed E-state index contributed by atoms with van der Waals surface area (Å²) >= 11 is 0. The molecule has 7 nitrogen and oxygen atoms in total. The molecular formula is C23H31N3O4. The van der Waals surface area contributed by atoms with E-state index in [4.69, 9.17) is 4.74 Å². The third-order valence-electron chi connectivity index (χ3n) is 6.02. The topological polar surface area (TPSA) is 79.3 Å². The predicted molar refractivity (Wildman–Crippen MR) is 114 cm³/mol. The number of esters is 1. The van der Waals surface area contributed by atoms with Crippen LogP contribution in [0, 0.1) is 5.92 Å². The Bertz CT molecular complexity index is 785. The zero-order valence-electron chi connectivity index (χ0n) is 17.9. The molecule has 0 bridgehead atoms. The molecule has 30 heavy (non-hydrogen) atoms. The van der Waals surface area contributed by atoms with E-state index in [9.17, 15) is 14.4 Å². The molecule has 0 unspecified atom stereocenters. The van der Waals surface area contributed by atoms with Crippen molar-refractivity contribution < 1.29 is 19.1 Å². The number of nitrogens with zero attached hydrogens (tertiary/aromatic N) is 3. The van der Waals surface area contributed by atoms with Crippen molar-refractivity contribution in [2.75, 3.05) is 20.2 Å². The van der Waals surface area contributed by atoms with Crippen LogP contribution in [0.2, 0.25) is 0 Å². The molecule has 0 atom stereocenters. The van der Waals surface area contributed by atoms with Gasteiger partial charge in [-0.3, -0.25) is 14.4 Å². The summed E-state index contributed by atoms with van der Waals surface area (Å²) in [5.41, 5.74) is 1.87. The summed E-state index contributed by atoms with van der Waals surface area (Å²) in [4.78, 5) is 38.3. The maximum atomic E-state index is 12.3. The van der Waals surface area contributed by atoms with Gasteiger partial charge in [-0.05, 0) is 37.2 Å². The summed E-state index contributed by atoms with van der Waals surface area (Å²) in [6, 6.07) is 9.96. The van der Waals surface area contributed by atoms with Gasteiger partial charge >= 0.3 is 5.97 Å². The quantitative estimate of drug-likeness (QED) is 0.644. The minimum Gasteiger partial charge on any atom is -0.456 e. The van der Waals surface area contributed by atoms with Crippen LogP contribution in [0.3, 0.4) is 0 Å². The van der Waals surface area contributed by atoms with Crippen LogP contribution in [0.1, 0.15) is 57.4 Å². The third kappa shape index (κ3) is 5.90. The number of benzene rings is 1. The molecule has 1 aromatic carbocycles. The van der Waals surface area contributed by atoms with Crippen molar-refractivity contribution in [2.24, 2.45) is 11.0 Å². The zero-order valence-corrected chi connectivity index (χ0v) is 17.9. The van der Waals surface area contributed by atoms with E-state index >= 15 is 0 Å². The normalized spacial score (nSPS) is 21.1. The minimum absolute atomic E-state index is 0.0228. The van der Waals surface area contributed by atoms with Gasteiger partial charge in [0.15, 0.2) is 6.61 Å². The highest BCUT2D eigenvalue weighted by Gasteiger charge is 2.26. The Labute approximate surface area is 178 Å². The Morgan fingerprint density at radius 2 is 1.80 bits per heavy atom. The van der Waals surface area contributed by atoms with Gasteiger partial charge in [-0.2, -0.15) is 5.10 Å². The summed E-state index contributed by atoms with van der Waals surface area (Å²) in [5, 5.41) is 5.79. The molecule has 0 N–H and O–H groups in total. The number of likely N-dealkylation sites (N-methyl/N-ethyl adjacent to an activating group) is 1. The highest BCUT2D eigenvalue weighted by atomic mass is 16.5. The van der Waals surface area contributed by atoms with Crippen LogP contribution in [0.25, 0.3) is 0 Å². The summed E-state index contributed by atoms with van der Waals surface area (Å²) < 4.78 is 5.10. The second-order valence-corrected chi connectivity index (χ2v) is 8.26. The monoisotopic (exact) mass is 413 g/mol. The highest BCUT2D eigenvalue weighted by molar-refractivity contribution is 6.02. The number of carbonyl (C=O) groups excluding carboxylic acids is 3. The molecule has 1 heterocycles. The number of amides is 2. The fraction of sp³-hybridized carbons (Fsp3) is 0.565. The fourth-order valence-corrected chi connectivity index (χ4v) is 3.96. The van der Waals surface area contributed by atoms with E-state index in [1.807, 2.05) is 30.3 Å². The minimum atomic E-state index is -0.533. The van der Waals surface area contributed by atoms with Crippen molar-refractivity contribution >= 4 is 23.5 Å². The first-order chi connectivity index (χ1) is 14.4. The van der Waals surface area contributed by atoms with E-state index < -0.39 is 5.97 Å². The van der Waals surface area contributed by atoms with Crippen LogP contribution in [-0.4, -0.2) is 59.6 Å². The van der Waals surface area contributed by atoms with Gasteiger partial charge in [0.05, 0.1) is 18.7 Å².